The van der Waals surface area contributed by atoms with E-state index in [1.54, 1.807) is 11.0 Å². The highest BCUT2D eigenvalue weighted by Gasteiger charge is 2.37. The number of hydrazine groups is 1. The van der Waals surface area contributed by atoms with Gasteiger partial charge in [-0.05, 0) is 41.7 Å². The second-order valence-electron chi connectivity index (χ2n) is 7.30. The molecule has 0 unspecified atom stereocenters. The molecular formula is C20H21N3O4. The number of amides is 3. The van der Waals surface area contributed by atoms with Crippen molar-refractivity contribution in [3.63, 3.8) is 0 Å². The fourth-order valence-electron chi connectivity index (χ4n) is 3.43. The van der Waals surface area contributed by atoms with Gasteiger partial charge in [0.2, 0.25) is 11.8 Å². The monoisotopic (exact) mass is 367 g/mol. The summed E-state index contributed by atoms with van der Waals surface area (Å²) in [6.07, 6.45) is 2.45. The standard InChI is InChI=1S/C20H21N3O4/c24-17-8-14-4-2-1-3-13(14)7-16(17)20(27)22-21-19(26)15-9-18(25)23(11-15)10-12-5-6-12/h1-4,7-8,12,15,24H,5-6,9-11H2,(H,21,26)(H,22,27)/t15-/m1/s1. The molecule has 0 bridgehead atoms. The number of hydrogen-bond donors (Lipinski definition) is 3. The molecule has 1 heterocycles. The van der Waals surface area contributed by atoms with Gasteiger partial charge in [-0.1, -0.05) is 24.3 Å². The van der Waals surface area contributed by atoms with Crippen LogP contribution in [-0.2, 0) is 9.59 Å². The molecule has 2 aromatic carbocycles. The predicted octanol–water partition coefficient (Wildman–Crippen LogP) is 1.56. The number of hydrogen-bond acceptors (Lipinski definition) is 4. The third kappa shape index (κ3) is 3.72. The molecule has 1 saturated carbocycles. The summed E-state index contributed by atoms with van der Waals surface area (Å²) >= 11 is 0. The number of rotatable bonds is 4. The van der Waals surface area contributed by atoms with E-state index in [1.165, 1.54) is 6.07 Å². The Bertz CT molecular complexity index is 923. The van der Waals surface area contributed by atoms with Crippen LogP contribution in [-0.4, -0.2) is 40.8 Å². The van der Waals surface area contributed by atoms with Gasteiger partial charge in [-0.2, -0.15) is 0 Å². The number of nitrogens with zero attached hydrogens (tertiary/aromatic N) is 1. The summed E-state index contributed by atoms with van der Waals surface area (Å²) in [5, 5.41) is 11.7. The number of phenolic OH excluding ortho intramolecular Hbond substituents is 1. The Kier molecular flexibility index (Phi) is 4.43. The van der Waals surface area contributed by atoms with Gasteiger partial charge < -0.3 is 10.0 Å². The number of carbonyl (C=O) groups excluding carboxylic acids is 3. The molecule has 27 heavy (non-hydrogen) atoms. The highest BCUT2D eigenvalue weighted by molar-refractivity contribution is 6.02. The third-order valence-electron chi connectivity index (χ3n) is 5.17. The molecule has 2 aliphatic rings. The Morgan fingerprint density at radius 1 is 1.11 bits per heavy atom. The second-order valence-corrected chi connectivity index (χ2v) is 7.30. The predicted molar refractivity (Wildman–Crippen MR) is 98.6 cm³/mol. The molecule has 2 fully saturated rings. The molecule has 3 N–H and O–H groups in total. The summed E-state index contributed by atoms with van der Waals surface area (Å²) in [7, 11) is 0. The van der Waals surface area contributed by atoms with Crippen LogP contribution >= 0.6 is 0 Å². The smallest absolute Gasteiger partial charge is 0.273 e. The zero-order valence-corrected chi connectivity index (χ0v) is 14.8. The van der Waals surface area contributed by atoms with Crippen LogP contribution in [0, 0.1) is 11.8 Å². The van der Waals surface area contributed by atoms with Gasteiger partial charge in [-0.3, -0.25) is 25.2 Å². The normalized spacial score (nSPS) is 19.3. The highest BCUT2D eigenvalue weighted by Crippen LogP contribution is 2.32. The number of aromatic hydroxyl groups is 1. The van der Waals surface area contributed by atoms with Gasteiger partial charge in [0.1, 0.15) is 5.75 Å². The summed E-state index contributed by atoms with van der Waals surface area (Å²) in [6, 6.07) is 10.4. The zero-order valence-electron chi connectivity index (χ0n) is 14.8. The van der Waals surface area contributed by atoms with Crippen LogP contribution < -0.4 is 10.9 Å². The van der Waals surface area contributed by atoms with Crippen molar-refractivity contribution in [2.75, 3.05) is 13.1 Å². The summed E-state index contributed by atoms with van der Waals surface area (Å²) in [5.41, 5.74) is 4.79. The van der Waals surface area contributed by atoms with E-state index in [4.69, 9.17) is 0 Å². The van der Waals surface area contributed by atoms with Crippen molar-refractivity contribution < 1.29 is 19.5 Å². The van der Waals surface area contributed by atoms with Gasteiger partial charge in [0.05, 0.1) is 11.5 Å². The van der Waals surface area contributed by atoms with Crippen molar-refractivity contribution in [3.8, 4) is 5.75 Å². The molecule has 1 aliphatic heterocycles. The van der Waals surface area contributed by atoms with E-state index in [0.29, 0.717) is 12.5 Å². The molecule has 0 spiro atoms. The fraction of sp³-hybridized carbons (Fsp3) is 0.350. The maximum atomic E-state index is 12.3. The molecule has 1 saturated heterocycles. The lowest BCUT2D eigenvalue weighted by atomic mass is 10.1. The molecule has 7 heteroatoms. The second kappa shape index (κ2) is 6.90. The molecule has 0 radical (unpaired) electrons. The van der Waals surface area contributed by atoms with Crippen LogP contribution in [0.3, 0.4) is 0 Å². The van der Waals surface area contributed by atoms with E-state index in [-0.39, 0.29) is 23.6 Å². The van der Waals surface area contributed by atoms with Gasteiger partial charge >= 0.3 is 0 Å². The Morgan fingerprint density at radius 3 is 2.52 bits per heavy atom. The first-order chi connectivity index (χ1) is 13.0. The van der Waals surface area contributed by atoms with Crippen molar-refractivity contribution >= 4 is 28.5 Å². The molecule has 7 nitrogen and oxygen atoms in total. The van der Waals surface area contributed by atoms with Gasteiger partial charge in [-0.25, -0.2) is 0 Å². The van der Waals surface area contributed by atoms with Gasteiger partial charge in [-0.15, -0.1) is 0 Å². The lowest BCUT2D eigenvalue weighted by Gasteiger charge is -2.16. The van der Waals surface area contributed by atoms with Crippen LogP contribution in [0.25, 0.3) is 10.8 Å². The summed E-state index contributed by atoms with van der Waals surface area (Å²) < 4.78 is 0. The van der Waals surface area contributed by atoms with Crippen molar-refractivity contribution in [1.29, 1.82) is 0 Å². The first-order valence-electron chi connectivity index (χ1n) is 9.11. The lowest BCUT2D eigenvalue weighted by molar-refractivity contribution is -0.129. The van der Waals surface area contributed by atoms with Gasteiger partial charge in [0.15, 0.2) is 0 Å². The average molecular weight is 367 g/mol. The Morgan fingerprint density at radius 2 is 1.81 bits per heavy atom. The zero-order chi connectivity index (χ0) is 19.0. The number of benzene rings is 2. The molecule has 4 rings (SSSR count). The van der Waals surface area contributed by atoms with E-state index < -0.39 is 17.7 Å². The van der Waals surface area contributed by atoms with Crippen LogP contribution in [0.15, 0.2) is 36.4 Å². The number of carbonyl (C=O) groups is 3. The van der Waals surface area contributed by atoms with Crippen molar-refractivity contribution in [2.45, 2.75) is 19.3 Å². The van der Waals surface area contributed by atoms with E-state index in [2.05, 4.69) is 10.9 Å². The average Bonchev–Trinajstić information content (AvgIpc) is 3.40. The van der Waals surface area contributed by atoms with Crippen LogP contribution in [0.4, 0.5) is 0 Å². The van der Waals surface area contributed by atoms with Gasteiger partial charge in [0.25, 0.3) is 5.91 Å². The Labute approximate surface area is 156 Å². The van der Waals surface area contributed by atoms with Gasteiger partial charge in [0, 0.05) is 19.5 Å². The molecule has 1 atom stereocenters. The topological polar surface area (TPSA) is 98.7 Å². The van der Waals surface area contributed by atoms with Crippen molar-refractivity contribution in [2.24, 2.45) is 11.8 Å². The first kappa shape index (κ1) is 17.3. The quantitative estimate of drug-likeness (QED) is 0.714. The highest BCUT2D eigenvalue weighted by atomic mass is 16.3. The lowest BCUT2D eigenvalue weighted by Crippen LogP contribution is -2.45. The number of fused-ring (bicyclic) bond motifs is 1. The Balaban J connectivity index is 1.37. The van der Waals surface area contributed by atoms with Crippen LogP contribution in [0.1, 0.15) is 29.6 Å². The molecule has 1 aliphatic carbocycles. The summed E-state index contributed by atoms with van der Waals surface area (Å²) in [5.74, 6) is -1.07. The fourth-order valence-corrected chi connectivity index (χ4v) is 3.43. The van der Waals surface area contributed by atoms with E-state index in [1.807, 2.05) is 24.3 Å². The first-order valence-corrected chi connectivity index (χ1v) is 9.11. The Hall–Kier alpha value is -3.09. The van der Waals surface area contributed by atoms with E-state index >= 15 is 0 Å². The third-order valence-corrected chi connectivity index (χ3v) is 5.17. The minimum absolute atomic E-state index is 0.0134. The number of likely N-dealkylation sites (tertiary alicyclic amines) is 1. The largest absolute Gasteiger partial charge is 0.507 e. The SMILES string of the molecule is O=C(NNC(=O)[C@@H]1CC(=O)N(CC2CC2)C1)c1cc2ccccc2cc1O. The minimum atomic E-state index is -0.606. The molecular weight excluding hydrogens is 346 g/mol. The molecule has 0 aromatic heterocycles. The summed E-state index contributed by atoms with van der Waals surface area (Å²) in [6.45, 7) is 1.11. The van der Waals surface area contributed by atoms with E-state index in [9.17, 15) is 19.5 Å². The molecule has 2 aromatic rings. The van der Waals surface area contributed by atoms with E-state index in [0.717, 1.165) is 30.2 Å². The number of nitrogens with one attached hydrogen (secondary N) is 2. The minimum Gasteiger partial charge on any atom is -0.507 e. The number of phenols is 1. The molecule has 3 amide bonds. The van der Waals surface area contributed by atoms with Crippen molar-refractivity contribution in [3.05, 3.63) is 42.0 Å². The van der Waals surface area contributed by atoms with Crippen LogP contribution in [0.2, 0.25) is 0 Å². The van der Waals surface area contributed by atoms with Crippen LogP contribution in [0.5, 0.6) is 5.75 Å². The maximum Gasteiger partial charge on any atom is 0.273 e. The summed E-state index contributed by atoms with van der Waals surface area (Å²) in [4.78, 5) is 38.4. The molecule has 140 valence electrons. The van der Waals surface area contributed by atoms with Crippen molar-refractivity contribution in [1.82, 2.24) is 15.8 Å². The maximum absolute atomic E-state index is 12.3.